The zero-order valence-corrected chi connectivity index (χ0v) is 12.2. The Morgan fingerprint density at radius 2 is 2.38 bits per heavy atom. The van der Waals surface area contributed by atoms with Crippen LogP contribution in [0.2, 0.25) is 0 Å². The zero-order valence-electron chi connectivity index (χ0n) is 9.04. The van der Waals surface area contributed by atoms with E-state index in [0.717, 1.165) is 17.3 Å². The molecule has 1 aromatic rings. The highest BCUT2D eigenvalue weighted by molar-refractivity contribution is 9.10. The van der Waals surface area contributed by atoms with E-state index in [-0.39, 0.29) is 5.91 Å². The van der Waals surface area contributed by atoms with E-state index in [1.54, 1.807) is 12.3 Å². The minimum atomic E-state index is -0.130. The van der Waals surface area contributed by atoms with Crippen LogP contribution in [0.25, 0.3) is 0 Å². The van der Waals surface area contributed by atoms with Crippen molar-refractivity contribution in [3.8, 4) is 0 Å². The van der Waals surface area contributed by atoms with Gasteiger partial charge in [-0.05, 0) is 40.9 Å². The number of alkyl halides is 1. The van der Waals surface area contributed by atoms with Crippen LogP contribution in [0.1, 0.15) is 30.3 Å². The van der Waals surface area contributed by atoms with Gasteiger partial charge in [-0.3, -0.25) is 4.79 Å². The molecule has 0 spiro atoms. The Labute approximate surface area is 112 Å². The van der Waals surface area contributed by atoms with Crippen LogP contribution in [0.5, 0.6) is 0 Å². The number of carbonyl (C=O) groups excluding carboxylic acids is 1. The Kier molecular flexibility index (Phi) is 5.98. The molecule has 1 unspecified atom stereocenters. The van der Waals surface area contributed by atoms with Crippen molar-refractivity contribution < 1.29 is 4.79 Å². The topological polar surface area (TPSA) is 42.0 Å². The number of nitrogens with zero attached hydrogens (tertiary/aromatic N) is 1. The lowest BCUT2D eigenvalue weighted by molar-refractivity contribution is 0.0947. The molecule has 5 heteroatoms. The molecule has 88 valence electrons. The van der Waals surface area contributed by atoms with E-state index in [1.165, 1.54) is 0 Å². The van der Waals surface area contributed by atoms with Crippen LogP contribution >= 0.6 is 31.9 Å². The molecule has 1 atom stereocenters. The first-order valence-corrected chi connectivity index (χ1v) is 6.85. The fraction of sp³-hybridized carbons (Fsp3) is 0.455. The number of halogens is 2. The molecular formula is C11H14Br2N2O. The molecule has 0 saturated heterocycles. The maximum absolute atomic E-state index is 11.7. The van der Waals surface area contributed by atoms with Crippen LogP contribution in [0.3, 0.4) is 0 Å². The summed E-state index contributed by atoms with van der Waals surface area (Å²) in [4.78, 5) is 16.2. The van der Waals surface area contributed by atoms with Gasteiger partial charge in [0.1, 0.15) is 5.69 Å². The average Bonchev–Trinajstić information content (AvgIpc) is 2.24. The number of rotatable bonds is 5. The normalized spacial score (nSPS) is 12.2. The van der Waals surface area contributed by atoms with Gasteiger partial charge in [-0.15, -0.1) is 0 Å². The maximum Gasteiger partial charge on any atom is 0.271 e. The summed E-state index contributed by atoms with van der Waals surface area (Å²) in [7, 11) is 0. The summed E-state index contributed by atoms with van der Waals surface area (Å²) >= 11 is 6.76. The van der Waals surface area contributed by atoms with Gasteiger partial charge in [0.15, 0.2) is 0 Å². The smallest absolute Gasteiger partial charge is 0.271 e. The molecule has 1 N–H and O–H groups in total. The lowest BCUT2D eigenvalue weighted by atomic mass is 10.2. The van der Waals surface area contributed by atoms with Crippen molar-refractivity contribution in [3.05, 3.63) is 28.5 Å². The van der Waals surface area contributed by atoms with Gasteiger partial charge in [0.05, 0.1) is 0 Å². The Hall–Kier alpha value is -0.420. The molecule has 0 bridgehead atoms. The van der Waals surface area contributed by atoms with Gasteiger partial charge in [-0.2, -0.15) is 0 Å². The molecule has 1 amide bonds. The highest BCUT2D eigenvalue weighted by Gasteiger charge is 2.09. The van der Waals surface area contributed by atoms with Crippen LogP contribution in [-0.4, -0.2) is 22.3 Å². The molecule has 0 fully saturated rings. The summed E-state index contributed by atoms with van der Waals surface area (Å²) in [6.45, 7) is 2.77. The van der Waals surface area contributed by atoms with E-state index >= 15 is 0 Å². The van der Waals surface area contributed by atoms with Crippen molar-refractivity contribution in [2.75, 3.05) is 6.54 Å². The second-order valence-corrected chi connectivity index (χ2v) is 5.93. The van der Waals surface area contributed by atoms with Crippen molar-refractivity contribution in [1.29, 1.82) is 0 Å². The van der Waals surface area contributed by atoms with E-state index in [9.17, 15) is 4.79 Å². The number of pyridine rings is 1. The number of aromatic nitrogens is 1. The standard InChI is InChI=1S/C11H14Br2N2O/c1-8(12)4-2-7-15-11(16)10-9(13)5-3-6-14-10/h3,5-6,8H,2,4,7H2,1H3,(H,15,16). The molecule has 1 heterocycles. The minimum absolute atomic E-state index is 0.130. The third-order valence-corrected chi connectivity index (χ3v) is 3.14. The third-order valence-electron chi connectivity index (χ3n) is 2.04. The van der Waals surface area contributed by atoms with E-state index in [4.69, 9.17) is 0 Å². The highest BCUT2D eigenvalue weighted by atomic mass is 79.9. The number of hydrogen-bond acceptors (Lipinski definition) is 2. The lowest BCUT2D eigenvalue weighted by Gasteiger charge is -2.06. The van der Waals surface area contributed by atoms with E-state index in [1.807, 2.05) is 6.07 Å². The lowest BCUT2D eigenvalue weighted by Crippen LogP contribution is -2.26. The first-order valence-electron chi connectivity index (χ1n) is 5.14. The maximum atomic E-state index is 11.7. The van der Waals surface area contributed by atoms with E-state index in [2.05, 4.69) is 49.1 Å². The summed E-state index contributed by atoms with van der Waals surface area (Å²) in [6, 6.07) is 3.59. The summed E-state index contributed by atoms with van der Waals surface area (Å²) in [5, 5.41) is 2.84. The van der Waals surface area contributed by atoms with Crippen LogP contribution < -0.4 is 5.32 Å². The van der Waals surface area contributed by atoms with Crippen molar-refractivity contribution in [2.24, 2.45) is 0 Å². The van der Waals surface area contributed by atoms with Crippen LogP contribution in [0, 0.1) is 0 Å². The fourth-order valence-electron chi connectivity index (χ4n) is 1.22. The van der Waals surface area contributed by atoms with Gasteiger partial charge in [-0.1, -0.05) is 22.9 Å². The predicted molar refractivity (Wildman–Crippen MR) is 71.9 cm³/mol. The van der Waals surface area contributed by atoms with Gasteiger partial charge in [-0.25, -0.2) is 4.98 Å². The largest absolute Gasteiger partial charge is 0.351 e. The molecule has 0 aliphatic rings. The molecule has 0 radical (unpaired) electrons. The highest BCUT2D eigenvalue weighted by Crippen LogP contribution is 2.12. The molecule has 0 aromatic carbocycles. The molecular weight excluding hydrogens is 336 g/mol. The summed E-state index contributed by atoms with van der Waals surface area (Å²) in [6.07, 6.45) is 3.62. The summed E-state index contributed by atoms with van der Waals surface area (Å²) in [5.41, 5.74) is 0.439. The van der Waals surface area contributed by atoms with E-state index < -0.39 is 0 Å². The number of carbonyl (C=O) groups is 1. The SMILES string of the molecule is CC(Br)CCCNC(=O)c1ncccc1Br. The Morgan fingerprint density at radius 3 is 3.00 bits per heavy atom. The quantitative estimate of drug-likeness (QED) is 0.655. The summed E-state index contributed by atoms with van der Waals surface area (Å²) < 4.78 is 0.723. The van der Waals surface area contributed by atoms with Gasteiger partial charge < -0.3 is 5.32 Å². The van der Waals surface area contributed by atoms with Gasteiger partial charge in [0.2, 0.25) is 0 Å². The van der Waals surface area contributed by atoms with Gasteiger partial charge in [0.25, 0.3) is 5.91 Å². The summed E-state index contributed by atoms with van der Waals surface area (Å²) in [5.74, 6) is -0.130. The Morgan fingerprint density at radius 1 is 1.62 bits per heavy atom. The number of amides is 1. The second-order valence-electron chi connectivity index (χ2n) is 3.51. The zero-order chi connectivity index (χ0) is 12.0. The second kappa shape index (κ2) is 7.01. The Bertz CT molecular complexity index is 356. The molecule has 0 saturated carbocycles. The third kappa shape index (κ3) is 4.61. The number of nitrogens with one attached hydrogen (secondary N) is 1. The van der Waals surface area contributed by atoms with Crippen molar-refractivity contribution >= 4 is 37.8 Å². The van der Waals surface area contributed by atoms with E-state index in [0.29, 0.717) is 17.1 Å². The average molecular weight is 350 g/mol. The van der Waals surface area contributed by atoms with Crippen LogP contribution in [-0.2, 0) is 0 Å². The van der Waals surface area contributed by atoms with Gasteiger partial charge in [0, 0.05) is 22.0 Å². The van der Waals surface area contributed by atoms with Gasteiger partial charge >= 0.3 is 0 Å². The Balaban J connectivity index is 2.39. The van der Waals surface area contributed by atoms with Crippen molar-refractivity contribution in [2.45, 2.75) is 24.6 Å². The number of hydrogen-bond donors (Lipinski definition) is 1. The molecule has 3 nitrogen and oxygen atoms in total. The van der Waals surface area contributed by atoms with Crippen molar-refractivity contribution in [1.82, 2.24) is 10.3 Å². The molecule has 1 rings (SSSR count). The van der Waals surface area contributed by atoms with Crippen LogP contribution in [0.4, 0.5) is 0 Å². The van der Waals surface area contributed by atoms with Crippen molar-refractivity contribution in [3.63, 3.8) is 0 Å². The molecule has 0 aliphatic carbocycles. The molecule has 1 aromatic heterocycles. The first kappa shape index (κ1) is 13.6. The van der Waals surface area contributed by atoms with Crippen LogP contribution in [0.15, 0.2) is 22.8 Å². The monoisotopic (exact) mass is 348 g/mol. The predicted octanol–water partition coefficient (Wildman–Crippen LogP) is 3.14. The first-order chi connectivity index (χ1) is 7.61. The molecule has 16 heavy (non-hydrogen) atoms. The fourth-order valence-corrected chi connectivity index (χ4v) is 1.98. The minimum Gasteiger partial charge on any atom is -0.351 e. The molecule has 0 aliphatic heterocycles.